The average molecular weight is 503 g/mol. The fourth-order valence-corrected chi connectivity index (χ4v) is 8.28. The first-order chi connectivity index (χ1) is 15.9. The SMILES string of the molecule is Cc1ccc(C(=O)NC23CC4CC(CC(C4)C2)C3)c(NS(=O)(=O)c2ccc(S(C)(=O)=O)cc2)c1. The molecule has 2 aromatic carbocycles. The van der Waals surface area contributed by atoms with Gasteiger partial charge in [0, 0.05) is 11.8 Å². The molecule has 0 unspecified atom stereocenters. The highest BCUT2D eigenvalue weighted by atomic mass is 32.2. The van der Waals surface area contributed by atoms with E-state index in [0.29, 0.717) is 17.8 Å². The molecule has 0 radical (unpaired) electrons. The Bertz CT molecular complexity index is 1310. The average Bonchev–Trinajstić information content (AvgIpc) is 2.71. The van der Waals surface area contributed by atoms with Gasteiger partial charge in [-0.25, -0.2) is 16.8 Å². The first kappa shape index (κ1) is 23.4. The molecule has 182 valence electrons. The number of benzene rings is 2. The molecule has 4 fully saturated rings. The number of sulfonamides is 1. The summed E-state index contributed by atoms with van der Waals surface area (Å²) >= 11 is 0. The summed E-state index contributed by atoms with van der Waals surface area (Å²) in [5, 5.41) is 3.31. The Balaban J connectivity index is 1.40. The van der Waals surface area contributed by atoms with Gasteiger partial charge in [0.05, 0.1) is 21.0 Å². The number of hydrogen-bond donors (Lipinski definition) is 2. The largest absolute Gasteiger partial charge is 0.347 e. The maximum atomic E-state index is 13.4. The Morgan fingerprint density at radius 1 is 0.853 bits per heavy atom. The first-order valence-corrected chi connectivity index (χ1v) is 15.1. The van der Waals surface area contributed by atoms with Crippen LogP contribution in [0.1, 0.15) is 54.4 Å². The molecule has 6 rings (SSSR count). The van der Waals surface area contributed by atoms with Crippen molar-refractivity contribution in [3.63, 3.8) is 0 Å². The van der Waals surface area contributed by atoms with Gasteiger partial charge in [-0.2, -0.15) is 0 Å². The highest BCUT2D eigenvalue weighted by molar-refractivity contribution is 7.92. The van der Waals surface area contributed by atoms with Gasteiger partial charge in [-0.1, -0.05) is 6.07 Å². The molecule has 0 heterocycles. The van der Waals surface area contributed by atoms with Gasteiger partial charge in [0.15, 0.2) is 9.84 Å². The van der Waals surface area contributed by atoms with E-state index in [9.17, 15) is 21.6 Å². The van der Waals surface area contributed by atoms with Crippen LogP contribution in [-0.2, 0) is 19.9 Å². The summed E-state index contributed by atoms with van der Waals surface area (Å²) in [5.41, 5.74) is 1.14. The zero-order valence-corrected chi connectivity index (χ0v) is 21.0. The minimum atomic E-state index is -4.03. The van der Waals surface area contributed by atoms with Crippen LogP contribution < -0.4 is 10.0 Å². The molecule has 0 atom stereocenters. The predicted octanol–water partition coefficient (Wildman–Crippen LogP) is 3.90. The van der Waals surface area contributed by atoms with Crippen molar-refractivity contribution in [2.75, 3.05) is 11.0 Å². The van der Waals surface area contributed by atoms with Crippen LogP contribution in [0.3, 0.4) is 0 Å². The normalized spacial score (nSPS) is 28.0. The summed E-state index contributed by atoms with van der Waals surface area (Å²) in [5.74, 6) is 1.78. The Labute approximate surface area is 201 Å². The molecular formula is C25H30N2O5S2. The van der Waals surface area contributed by atoms with Crippen molar-refractivity contribution in [1.29, 1.82) is 0 Å². The van der Waals surface area contributed by atoms with Crippen LogP contribution in [0.4, 0.5) is 5.69 Å². The van der Waals surface area contributed by atoms with E-state index in [1.807, 2.05) is 6.92 Å². The molecule has 34 heavy (non-hydrogen) atoms. The number of amides is 1. The lowest BCUT2D eigenvalue weighted by Crippen LogP contribution is -2.59. The molecule has 0 aliphatic heterocycles. The summed E-state index contributed by atoms with van der Waals surface area (Å²) in [6.45, 7) is 1.83. The number of rotatable bonds is 6. The van der Waals surface area contributed by atoms with E-state index in [4.69, 9.17) is 0 Å². The number of aryl methyl sites for hydroxylation is 1. The third-order valence-electron chi connectivity index (χ3n) is 7.64. The third-order valence-corrected chi connectivity index (χ3v) is 10.2. The molecule has 1 amide bonds. The van der Waals surface area contributed by atoms with Crippen LogP contribution in [-0.4, -0.2) is 34.5 Å². The predicted molar refractivity (Wildman–Crippen MR) is 130 cm³/mol. The molecule has 0 aromatic heterocycles. The summed E-state index contributed by atoms with van der Waals surface area (Å²) in [7, 11) is -7.46. The van der Waals surface area contributed by atoms with E-state index in [2.05, 4.69) is 10.0 Å². The van der Waals surface area contributed by atoms with Gasteiger partial charge in [0.1, 0.15) is 0 Å². The second kappa shape index (κ2) is 8.09. The van der Waals surface area contributed by atoms with Gasteiger partial charge in [-0.3, -0.25) is 9.52 Å². The molecule has 0 spiro atoms. The number of anilines is 1. The lowest BCUT2D eigenvalue weighted by atomic mass is 9.53. The van der Waals surface area contributed by atoms with Crippen molar-refractivity contribution in [2.45, 2.75) is 60.8 Å². The van der Waals surface area contributed by atoms with Crippen molar-refractivity contribution < 1.29 is 21.6 Å². The second-order valence-electron chi connectivity index (χ2n) is 10.6. The van der Waals surface area contributed by atoms with Crippen molar-refractivity contribution >= 4 is 31.5 Å². The van der Waals surface area contributed by atoms with Gasteiger partial charge in [-0.15, -0.1) is 0 Å². The minimum Gasteiger partial charge on any atom is -0.347 e. The molecule has 2 N–H and O–H groups in total. The zero-order chi connectivity index (χ0) is 24.3. The molecule has 4 aliphatic carbocycles. The van der Waals surface area contributed by atoms with E-state index in [1.54, 1.807) is 18.2 Å². The smallest absolute Gasteiger partial charge is 0.261 e. The van der Waals surface area contributed by atoms with Crippen molar-refractivity contribution in [3.05, 3.63) is 53.6 Å². The standard InChI is InChI=1S/C25H30N2O5S2/c1-16-3-8-22(24(28)26-25-13-17-10-18(14-25)12-19(11-17)15-25)23(9-16)27-34(31,32)21-6-4-20(5-7-21)33(2,29)30/h3-9,17-19,27H,10-15H2,1-2H3,(H,26,28). The highest BCUT2D eigenvalue weighted by Crippen LogP contribution is 2.55. The van der Waals surface area contributed by atoms with E-state index >= 15 is 0 Å². The number of nitrogens with one attached hydrogen (secondary N) is 2. The molecule has 7 nitrogen and oxygen atoms in total. The van der Waals surface area contributed by atoms with Crippen molar-refractivity contribution in [2.24, 2.45) is 17.8 Å². The van der Waals surface area contributed by atoms with E-state index in [-0.39, 0.29) is 32.5 Å². The quantitative estimate of drug-likeness (QED) is 0.623. The van der Waals surface area contributed by atoms with Crippen molar-refractivity contribution in [1.82, 2.24) is 5.32 Å². The van der Waals surface area contributed by atoms with E-state index in [1.165, 1.54) is 43.5 Å². The minimum absolute atomic E-state index is 0.0395. The molecule has 4 aliphatic rings. The Morgan fingerprint density at radius 2 is 1.38 bits per heavy atom. The molecule has 0 saturated heterocycles. The maximum absolute atomic E-state index is 13.4. The molecule has 2 aromatic rings. The highest BCUT2D eigenvalue weighted by Gasteiger charge is 2.51. The number of carbonyl (C=O) groups excluding carboxylic acids is 1. The van der Waals surface area contributed by atoms with Crippen molar-refractivity contribution in [3.8, 4) is 0 Å². The summed E-state index contributed by atoms with van der Waals surface area (Å²) in [4.78, 5) is 13.4. The van der Waals surface area contributed by atoms with Gasteiger partial charge < -0.3 is 5.32 Å². The molecule has 4 saturated carbocycles. The van der Waals surface area contributed by atoms with Crippen LogP contribution in [0.25, 0.3) is 0 Å². The van der Waals surface area contributed by atoms with Crippen LogP contribution in [0.2, 0.25) is 0 Å². The molecule has 4 bridgehead atoms. The Morgan fingerprint density at radius 3 is 1.91 bits per heavy atom. The number of hydrogen-bond acceptors (Lipinski definition) is 5. The fraction of sp³-hybridized carbons (Fsp3) is 0.480. The van der Waals surface area contributed by atoms with Crippen LogP contribution in [0.5, 0.6) is 0 Å². The number of sulfone groups is 1. The Hall–Kier alpha value is -2.39. The second-order valence-corrected chi connectivity index (χ2v) is 14.2. The molecule has 9 heteroatoms. The van der Waals surface area contributed by atoms with Gasteiger partial charge in [-0.05, 0) is 105 Å². The fourth-order valence-electron chi connectivity index (χ4n) is 6.58. The summed E-state index contributed by atoms with van der Waals surface area (Å²) < 4.78 is 52.1. The topological polar surface area (TPSA) is 109 Å². The maximum Gasteiger partial charge on any atom is 0.261 e. The van der Waals surface area contributed by atoms with E-state index < -0.39 is 19.9 Å². The van der Waals surface area contributed by atoms with Crippen LogP contribution in [0, 0.1) is 24.7 Å². The lowest BCUT2D eigenvalue weighted by molar-refractivity contribution is -0.0166. The van der Waals surface area contributed by atoms with Crippen LogP contribution in [0.15, 0.2) is 52.3 Å². The lowest BCUT2D eigenvalue weighted by Gasteiger charge is -2.56. The first-order valence-electron chi connectivity index (χ1n) is 11.7. The van der Waals surface area contributed by atoms with E-state index in [0.717, 1.165) is 31.1 Å². The Kier molecular flexibility index (Phi) is 5.55. The summed E-state index contributed by atoms with van der Waals surface area (Å²) in [6.07, 6.45) is 7.88. The van der Waals surface area contributed by atoms with Gasteiger partial charge >= 0.3 is 0 Å². The zero-order valence-electron chi connectivity index (χ0n) is 19.4. The molecular weight excluding hydrogens is 472 g/mol. The third kappa shape index (κ3) is 4.47. The monoisotopic (exact) mass is 502 g/mol. The van der Waals surface area contributed by atoms with Crippen LogP contribution >= 0.6 is 0 Å². The summed E-state index contributed by atoms with van der Waals surface area (Å²) in [6, 6.07) is 10.1. The van der Waals surface area contributed by atoms with Gasteiger partial charge in [0.25, 0.3) is 15.9 Å². The number of carbonyl (C=O) groups is 1. The van der Waals surface area contributed by atoms with Gasteiger partial charge in [0.2, 0.25) is 0 Å².